The molecular weight excluding hydrogens is 322 g/mol. The fraction of sp³-hybridized carbons (Fsp3) is 0.389. The lowest BCUT2D eigenvalue weighted by Gasteiger charge is -2.15. The number of hydrogen-bond acceptors (Lipinski definition) is 4. The summed E-state index contributed by atoms with van der Waals surface area (Å²) in [5.41, 5.74) is 2.81. The van der Waals surface area contributed by atoms with Crippen molar-refractivity contribution in [1.82, 2.24) is 9.88 Å². The number of amides is 2. The minimum atomic E-state index is -0.237. The molecule has 1 saturated heterocycles. The molecule has 5 nitrogen and oxygen atoms in total. The zero-order chi connectivity index (χ0) is 16.7. The van der Waals surface area contributed by atoms with E-state index in [0.29, 0.717) is 19.0 Å². The van der Waals surface area contributed by atoms with Crippen LogP contribution in [0.3, 0.4) is 0 Å². The van der Waals surface area contributed by atoms with Gasteiger partial charge in [-0.05, 0) is 44.0 Å². The van der Waals surface area contributed by atoms with Crippen LogP contribution in [0.15, 0.2) is 29.6 Å². The molecule has 2 fully saturated rings. The van der Waals surface area contributed by atoms with Gasteiger partial charge in [-0.25, -0.2) is 4.98 Å². The van der Waals surface area contributed by atoms with Gasteiger partial charge in [-0.1, -0.05) is 0 Å². The van der Waals surface area contributed by atoms with Gasteiger partial charge >= 0.3 is 0 Å². The van der Waals surface area contributed by atoms with E-state index < -0.39 is 0 Å². The lowest BCUT2D eigenvalue weighted by atomic mass is 10.1. The normalized spacial score (nSPS) is 20.5. The fourth-order valence-corrected chi connectivity index (χ4v) is 3.88. The lowest BCUT2D eigenvalue weighted by Crippen LogP contribution is -2.29. The smallest absolute Gasteiger partial charge is 0.229 e. The van der Waals surface area contributed by atoms with Crippen molar-refractivity contribution in [3.8, 4) is 10.6 Å². The number of carbonyl (C=O) groups is 2. The number of anilines is 1. The molecule has 0 spiro atoms. The number of rotatable bonds is 4. The Morgan fingerprint density at radius 1 is 1.29 bits per heavy atom. The Balaban J connectivity index is 1.40. The third-order valence-corrected chi connectivity index (χ3v) is 5.54. The number of thiazole rings is 1. The number of hydrogen-bond donors (Lipinski definition) is 1. The summed E-state index contributed by atoms with van der Waals surface area (Å²) in [7, 11) is 0. The molecule has 0 radical (unpaired) electrons. The van der Waals surface area contributed by atoms with Crippen molar-refractivity contribution in [1.29, 1.82) is 0 Å². The second kappa shape index (κ2) is 6.02. The summed E-state index contributed by atoms with van der Waals surface area (Å²) in [5.74, 6) is -0.184. The molecule has 1 aromatic carbocycles. The van der Waals surface area contributed by atoms with Crippen LogP contribution in [0.25, 0.3) is 10.6 Å². The second-order valence-corrected chi connectivity index (χ2v) is 7.40. The Labute approximate surface area is 144 Å². The zero-order valence-electron chi connectivity index (χ0n) is 13.5. The minimum absolute atomic E-state index is 0.0654. The van der Waals surface area contributed by atoms with Gasteiger partial charge in [0.05, 0.1) is 5.92 Å². The maximum atomic E-state index is 12.4. The molecule has 1 aliphatic heterocycles. The summed E-state index contributed by atoms with van der Waals surface area (Å²) >= 11 is 1.61. The maximum absolute atomic E-state index is 12.4. The van der Waals surface area contributed by atoms with Crippen molar-refractivity contribution >= 4 is 28.8 Å². The third-order valence-electron chi connectivity index (χ3n) is 4.54. The van der Waals surface area contributed by atoms with E-state index in [4.69, 9.17) is 0 Å². The van der Waals surface area contributed by atoms with Crippen molar-refractivity contribution in [3.05, 3.63) is 35.3 Å². The average Bonchev–Trinajstić information content (AvgIpc) is 3.20. The number of nitrogens with zero attached hydrogens (tertiary/aromatic N) is 2. The Hall–Kier alpha value is -2.21. The largest absolute Gasteiger partial charge is 0.339 e. The number of aryl methyl sites for hydroxylation is 1. The first-order valence-corrected chi connectivity index (χ1v) is 9.11. The topological polar surface area (TPSA) is 62.3 Å². The molecule has 4 rings (SSSR count). The van der Waals surface area contributed by atoms with E-state index in [2.05, 4.69) is 10.3 Å². The van der Waals surface area contributed by atoms with E-state index in [-0.39, 0.29) is 17.7 Å². The summed E-state index contributed by atoms with van der Waals surface area (Å²) < 4.78 is 0. The lowest BCUT2D eigenvalue weighted by molar-refractivity contribution is -0.128. The summed E-state index contributed by atoms with van der Waals surface area (Å²) in [6.45, 7) is 2.54. The molecule has 2 aromatic rings. The molecule has 2 aliphatic rings. The van der Waals surface area contributed by atoms with Crippen LogP contribution in [0, 0.1) is 12.8 Å². The van der Waals surface area contributed by atoms with Gasteiger partial charge < -0.3 is 10.2 Å². The summed E-state index contributed by atoms with van der Waals surface area (Å²) in [5, 5.41) is 5.93. The number of carbonyl (C=O) groups excluding carboxylic acids is 2. The highest BCUT2D eigenvalue weighted by Crippen LogP contribution is 2.33. The van der Waals surface area contributed by atoms with Gasteiger partial charge in [-0.3, -0.25) is 9.59 Å². The molecule has 1 aromatic heterocycles. The van der Waals surface area contributed by atoms with Gasteiger partial charge in [-0.15, -0.1) is 11.3 Å². The van der Waals surface area contributed by atoms with E-state index in [1.165, 1.54) is 0 Å². The summed E-state index contributed by atoms with van der Waals surface area (Å²) in [4.78, 5) is 30.7. The molecule has 6 heteroatoms. The second-order valence-electron chi connectivity index (χ2n) is 6.54. The molecule has 124 valence electrons. The molecule has 1 aliphatic carbocycles. The number of likely N-dealkylation sites (tertiary alicyclic amines) is 1. The minimum Gasteiger partial charge on any atom is -0.339 e. The standard InChI is InChI=1S/C18H19N3O2S/c1-11-10-24-18(19-11)12-2-4-14(5-3-12)20-17(23)13-8-16(22)21(9-13)15-6-7-15/h2-5,10,13,15H,6-9H2,1H3,(H,20,23). The van der Waals surface area contributed by atoms with E-state index in [1.807, 2.05) is 41.5 Å². The van der Waals surface area contributed by atoms with Crippen LogP contribution in [-0.2, 0) is 9.59 Å². The van der Waals surface area contributed by atoms with Crippen LogP contribution in [0.5, 0.6) is 0 Å². The van der Waals surface area contributed by atoms with Gasteiger partial charge in [0.1, 0.15) is 5.01 Å². The number of nitrogens with one attached hydrogen (secondary N) is 1. The molecule has 1 atom stereocenters. The van der Waals surface area contributed by atoms with Crippen LogP contribution in [-0.4, -0.2) is 34.3 Å². The predicted octanol–water partition coefficient (Wildman–Crippen LogP) is 3.07. The monoisotopic (exact) mass is 341 g/mol. The van der Waals surface area contributed by atoms with Crippen molar-refractivity contribution in [2.45, 2.75) is 32.2 Å². The number of benzene rings is 1. The van der Waals surface area contributed by atoms with Crippen molar-refractivity contribution in [2.24, 2.45) is 5.92 Å². The van der Waals surface area contributed by atoms with Gasteiger partial charge in [0.25, 0.3) is 0 Å². The van der Waals surface area contributed by atoms with Gasteiger partial charge in [0.2, 0.25) is 11.8 Å². The van der Waals surface area contributed by atoms with E-state index in [1.54, 1.807) is 11.3 Å². The van der Waals surface area contributed by atoms with Crippen molar-refractivity contribution in [2.75, 3.05) is 11.9 Å². The van der Waals surface area contributed by atoms with E-state index >= 15 is 0 Å². The molecule has 1 unspecified atom stereocenters. The maximum Gasteiger partial charge on any atom is 0.229 e. The van der Waals surface area contributed by atoms with Crippen LogP contribution >= 0.6 is 11.3 Å². The fourth-order valence-electron chi connectivity index (χ4n) is 3.07. The third kappa shape index (κ3) is 3.06. The Bertz CT molecular complexity index is 780. The molecule has 24 heavy (non-hydrogen) atoms. The Morgan fingerprint density at radius 3 is 2.67 bits per heavy atom. The Kier molecular flexibility index (Phi) is 3.84. The quantitative estimate of drug-likeness (QED) is 0.930. The Morgan fingerprint density at radius 2 is 2.04 bits per heavy atom. The highest BCUT2D eigenvalue weighted by Gasteiger charge is 2.41. The first-order chi connectivity index (χ1) is 11.6. The van der Waals surface area contributed by atoms with Gasteiger partial charge in [-0.2, -0.15) is 0 Å². The van der Waals surface area contributed by atoms with Crippen molar-refractivity contribution < 1.29 is 9.59 Å². The molecular formula is C18H19N3O2S. The van der Waals surface area contributed by atoms with E-state index in [0.717, 1.165) is 34.8 Å². The molecule has 1 N–H and O–H groups in total. The SMILES string of the molecule is Cc1csc(-c2ccc(NC(=O)C3CC(=O)N(C4CC4)C3)cc2)n1. The molecule has 0 bridgehead atoms. The highest BCUT2D eigenvalue weighted by molar-refractivity contribution is 7.13. The molecule has 2 heterocycles. The zero-order valence-corrected chi connectivity index (χ0v) is 14.3. The van der Waals surface area contributed by atoms with Crippen LogP contribution in [0.4, 0.5) is 5.69 Å². The molecule has 2 amide bonds. The van der Waals surface area contributed by atoms with E-state index in [9.17, 15) is 9.59 Å². The summed E-state index contributed by atoms with van der Waals surface area (Å²) in [6.07, 6.45) is 2.49. The predicted molar refractivity (Wildman–Crippen MR) is 93.8 cm³/mol. The van der Waals surface area contributed by atoms with Crippen LogP contribution in [0.1, 0.15) is 25.0 Å². The van der Waals surface area contributed by atoms with Crippen molar-refractivity contribution in [3.63, 3.8) is 0 Å². The first kappa shape index (κ1) is 15.3. The summed E-state index contributed by atoms with van der Waals surface area (Å²) in [6, 6.07) is 8.09. The average molecular weight is 341 g/mol. The van der Waals surface area contributed by atoms with Crippen LogP contribution in [0.2, 0.25) is 0 Å². The van der Waals surface area contributed by atoms with Gasteiger partial charge in [0, 0.05) is 41.3 Å². The highest BCUT2D eigenvalue weighted by atomic mass is 32.1. The molecule has 1 saturated carbocycles. The van der Waals surface area contributed by atoms with Gasteiger partial charge in [0.15, 0.2) is 0 Å². The number of aromatic nitrogens is 1. The van der Waals surface area contributed by atoms with Crippen LogP contribution < -0.4 is 5.32 Å². The first-order valence-electron chi connectivity index (χ1n) is 8.23.